The van der Waals surface area contributed by atoms with Gasteiger partial charge in [0.05, 0.1) is 12.8 Å². The van der Waals surface area contributed by atoms with Crippen LogP contribution >= 0.6 is 12.6 Å². The highest BCUT2D eigenvalue weighted by molar-refractivity contribution is 7.80. The number of hydrogen-bond donors (Lipinski definition) is 6. The smallest absolute Gasteiger partial charge is 0.240 e. The van der Waals surface area contributed by atoms with Gasteiger partial charge in [-0.1, -0.05) is 0 Å². The first-order valence-electron chi connectivity index (χ1n) is 4.60. The molecule has 0 unspecified atom stereocenters. The summed E-state index contributed by atoms with van der Waals surface area (Å²) in [5.74, 6) is -0.00824. The van der Waals surface area contributed by atoms with Crippen molar-refractivity contribution in [1.82, 2.24) is 5.43 Å². The van der Waals surface area contributed by atoms with Crippen molar-refractivity contribution >= 4 is 24.8 Å². The van der Waals surface area contributed by atoms with Gasteiger partial charge in [-0.15, -0.1) is 0 Å². The first kappa shape index (κ1) is 15.3. The number of rotatable bonds is 7. The van der Waals surface area contributed by atoms with Crippen LogP contribution in [0.5, 0.6) is 0 Å². The van der Waals surface area contributed by atoms with Crippen molar-refractivity contribution in [2.24, 2.45) is 5.10 Å². The zero-order valence-corrected chi connectivity index (χ0v) is 9.42. The van der Waals surface area contributed by atoms with Gasteiger partial charge in [-0.05, 0) is 5.75 Å². The molecule has 0 aliphatic heterocycles. The molecule has 0 heterocycles. The van der Waals surface area contributed by atoms with Crippen molar-refractivity contribution in [3.8, 4) is 0 Å². The van der Waals surface area contributed by atoms with E-state index in [4.69, 9.17) is 10.2 Å². The second kappa shape index (κ2) is 8.48. The van der Waals surface area contributed by atoms with Crippen LogP contribution in [0.25, 0.3) is 0 Å². The van der Waals surface area contributed by atoms with E-state index >= 15 is 0 Å². The van der Waals surface area contributed by atoms with Crippen molar-refractivity contribution in [3.05, 3.63) is 0 Å². The number of carbonyl (C=O) groups excluding carboxylic acids is 1. The van der Waals surface area contributed by atoms with Crippen LogP contribution in [-0.2, 0) is 4.79 Å². The molecular formula is C8H16N2O5S. The van der Waals surface area contributed by atoms with Crippen molar-refractivity contribution in [1.29, 1.82) is 0 Å². The van der Waals surface area contributed by atoms with Crippen LogP contribution in [0.2, 0.25) is 0 Å². The molecule has 0 spiro atoms. The number of nitrogens with one attached hydrogen (secondary N) is 1. The van der Waals surface area contributed by atoms with Gasteiger partial charge >= 0.3 is 0 Å². The van der Waals surface area contributed by atoms with Crippen LogP contribution < -0.4 is 5.43 Å². The monoisotopic (exact) mass is 252 g/mol. The Morgan fingerprint density at radius 2 is 2.06 bits per heavy atom. The summed E-state index contributed by atoms with van der Waals surface area (Å²) in [6.07, 6.45) is -3.46. The SMILES string of the molecule is O=C(CCS)NN=C[C@H](O)[C@H](O)[C@H](O)CO. The van der Waals surface area contributed by atoms with E-state index in [-0.39, 0.29) is 12.3 Å². The summed E-state index contributed by atoms with van der Waals surface area (Å²) in [4.78, 5) is 10.9. The van der Waals surface area contributed by atoms with E-state index in [1.165, 1.54) is 0 Å². The highest BCUT2D eigenvalue weighted by Crippen LogP contribution is 1.97. The van der Waals surface area contributed by atoms with E-state index in [9.17, 15) is 15.0 Å². The number of hydrogen-bond acceptors (Lipinski definition) is 7. The maximum atomic E-state index is 10.9. The van der Waals surface area contributed by atoms with Crippen molar-refractivity contribution in [2.75, 3.05) is 12.4 Å². The largest absolute Gasteiger partial charge is 0.394 e. The van der Waals surface area contributed by atoms with E-state index in [1.54, 1.807) is 0 Å². The van der Waals surface area contributed by atoms with Crippen LogP contribution in [0.1, 0.15) is 6.42 Å². The van der Waals surface area contributed by atoms with E-state index in [1.807, 2.05) is 0 Å². The normalized spacial score (nSPS) is 17.1. The van der Waals surface area contributed by atoms with Crippen molar-refractivity contribution < 1.29 is 25.2 Å². The minimum absolute atomic E-state index is 0.179. The van der Waals surface area contributed by atoms with Gasteiger partial charge in [0.25, 0.3) is 0 Å². The fraction of sp³-hybridized carbons (Fsp3) is 0.750. The number of carbonyl (C=O) groups is 1. The Bertz CT molecular complexity index is 238. The van der Waals surface area contributed by atoms with E-state index in [0.717, 1.165) is 6.21 Å². The molecule has 0 saturated carbocycles. The van der Waals surface area contributed by atoms with Gasteiger partial charge in [0.1, 0.15) is 18.3 Å². The molecule has 0 aromatic rings. The molecule has 0 bridgehead atoms. The van der Waals surface area contributed by atoms with Crippen LogP contribution in [0.4, 0.5) is 0 Å². The Kier molecular flexibility index (Phi) is 8.12. The molecule has 0 rings (SSSR count). The highest BCUT2D eigenvalue weighted by atomic mass is 32.1. The lowest BCUT2D eigenvalue weighted by Gasteiger charge is -2.17. The van der Waals surface area contributed by atoms with Gasteiger partial charge in [-0.3, -0.25) is 4.79 Å². The van der Waals surface area contributed by atoms with Crippen molar-refractivity contribution in [2.45, 2.75) is 24.7 Å². The first-order chi connectivity index (χ1) is 7.52. The summed E-state index contributed by atoms with van der Waals surface area (Å²) in [7, 11) is 0. The minimum Gasteiger partial charge on any atom is -0.394 e. The molecule has 3 atom stereocenters. The van der Waals surface area contributed by atoms with Gasteiger partial charge < -0.3 is 20.4 Å². The van der Waals surface area contributed by atoms with Gasteiger partial charge in [0, 0.05) is 6.42 Å². The zero-order valence-electron chi connectivity index (χ0n) is 8.52. The lowest BCUT2D eigenvalue weighted by atomic mass is 10.1. The molecule has 0 aliphatic carbocycles. The van der Waals surface area contributed by atoms with Crippen LogP contribution in [0, 0.1) is 0 Å². The van der Waals surface area contributed by atoms with Crippen molar-refractivity contribution in [3.63, 3.8) is 0 Å². The summed E-state index contributed by atoms with van der Waals surface area (Å²) in [5.41, 5.74) is 2.09. The average molecular weight is 252 g/mol. The summed E-state index contributed by atoms with van der Waals surface area (Å²) in [6.45, 7) is -0.682. The highest BCUT2D eigenvalue weighted by Gasteiger charge is 2.22. The maximum absolute atomic E-state index is 10.9. The summed E-state index contributed by atoms with van der Waals surface area (Å²) < 4.78 is 0. The first-order valence-corrected chi connectivity index (χ1v) is 5.24. The molecule has 0 aliphatic rings. The van der Waals surface area contributed by atoms with E-state index < -0.39 is 24.9 Å². The third-order valence-corrected chi connectivity index (χ3v) is 1.91. The third kappa shape index (κ3) is 6.03. The topological polar surface area (TPSA) is 122 Å². The Labute approximate surface area is 98.2 Å². The minimum atomic E-state index is -1.56. The zero-order chi connectivity index (χ0) is 12.6. The van der Waals surface area contributed by atoms with E-state index in [2.05, 4.69) is 23.2 Å². The van der Waals surface area contributed by atoms with Gasteiger partial charge in [-0.25, -0.2) is 5.43 Å². The Balaban J connectivity index is 3.98. The molecule has 16 heavy (non-hydrogen) atoms. The molecule has 7 nitrogen and oxygen atoms in total. The second-order valence-electron chi connectivity index (χ2n) is 3.02. The molecule has 0 saturated heterocycles. The predicted octanol–water partition coefficient (Wildman–Crippen LogP) is -2.52. The summed E-state index contributed by atoms with van der Waals surface area (Å²) in [5, 5.41) is 39.2. The standard InChI is InChI=1S/C8H16N2O5S/c11-4-6(13)8(15)5(12)3-9-10-7(14)1-2-16/h3,5-6,8,11-13,15-16H,1-2,4H2,(H,10,14)/t5-,6+,8-/m0/s1. The van der Waals surface area contributed by atoms with Crippen LogP contribution in [-0.4, -0.2) is 63.2 Å². The number of hydrazone groups is 1. The number of thiol groups is 1. The molecule has 1 amide bonds. The lowest BCUT2D eigenvalue weighted by molar-refractivity contribution is -0.120. The quantitative estimate of drug-likeness (QED) is 0.170. The third-order valence-electron chi connectivity index (χ3n) is 1.69. The summed E-state index contributed by atoms with van der Waals surface area (Å²) in [6, 6.07) is 0. The van der Waals surface area contributed by atoms with Crippen LogP contribution in [0.15, 0.2) is 5.10 Å². The number of amides is 1. The average Bonchev–Trinajstić information content (AvgIpc) is 2.27. The fourth-order valence-electron chi connectivity index (χ4n) is 0.767. The molecule has 0 aromatic heterocycles. The molecule has 94 valence electrons. The Morgan fingerprint density at radius 1 is 1.44 bits per heavy atom. The van der Waals surface area contributed by atoms with Gasteiger partial charge in [0.2, 0.25) is 5.91 Å². The predicted molar refractivity (Wildman–Crippen MR) is 60.2 cm³/mol. The van der Waals surface area contributed by atoms with Gasteiger partial charge in [-0.2, -0.15) is 17.7 Å². The molecule has 8 heteroatoms. The Hall–Kier alpha value is -0.670. The molecule has 0 fully saturated rings. The number of aliphatic hydroxyl groups excluding tert-OH is 4. The summed E-state index contributed by atoms with van der Waals surface area (Å²) >= 11 is 3.83. The molecule has 5 N–H and O–H groups in total. The lowest BCUT2D eigenvalue weighted by Crippen LogP contribution is -2.40. The second-order valence-corrected chi connectivity index (χ2v) is 3.47. The van der Waals surface area contributed by atoms with Gasteiger partial charge in [0.15, 0.2) is 0 Å². The fourth-order valence-corrected chi connectivity index (χ4v) is 0.970. The molecule has 0 radical (unpaired) electrons. The molecular weight excluding hydrogens is 236 g/mol. The molecule has 0 aromatic carbocycles. The number of aliphatic hydroxyl groups is 4. The van der Waals surface area contributed by atoms with Crippen LogP contribution in [0.3, 0.4) is 0 Å². The maximum Gasteiger partial charge on any atom is 0.240 e. The Morgan fingerprint density at radius 3 is 2.56 bits per heavy atom. The number of nitrogens with zero attached hydrogens (tertiary/aromatic N) is 1. The van der Waals surface area contributed by atoms with E-state index in [0.29, 0.717) is 5.75 Å².